The molecular weight excluding hydrogens is 220 g/mol. The first-order valence-corrected chi connectivity index (χ1v) is 7.15. The maximum Gasteiger partial charge on any atom is 0.103 e. The van der Waals surface area contributed by atoms with E-state index >= 15 is 0 Å². The van der Waals surface area contributed by atoms with Gasteiger partial charge in [-0.2, -0.15) is 0 Å². The lowest BCUT2D eigenvalue weighted by atomic mass is 9.88. The van der Waals surface area contributed by atoms with Crippen molar-refractivity contribution in [2.45, 2.75) is 52.4 Å². The van der Waals surface area contributed by atoms with Crippen molar-refractivity contribution in [3.63, 3.8) is 0 Å². The quantitative estimate of drug-likeness (QED) is 0.630. The molecule has 0 bridgehead atoms. The van der Waals surface area contributed by atoms with Crippen LogP contribution in [-0.2, 0) is 6.42 Å². The molecule has 0 aromatic heterocycles. The first kappa shape index (κ1) is 13.1. The van der Waals surface area contributed by atoms with Gasteiger partial charge in [0.05, 0.1) is 5.69 Å². The highest BCUT2D eigenvalue weighted by Gasteiger charge is 2.17. The van der Waals surface area contributed by atoms with Crippen molar-refractivity contribution in [1.29, 1.82) is 0 Å². The average molecular weight is 244 g/mol. The zero-order valence-electron chi connectivity index (χ0n) is 11.6. The Bertz CT molecular complexity index is 429. The molecule has 0 amide bonds. The highest BCUT2D eigenvalue weighted by atomic mass is 14.9. The molecule has 0 spiro atoms. The van der Waals surface area contributed by atoms with Crippen molar-refractivity contribution in [2.75, 3.05) is 0 Å². The fraction of sp³-hybridized carbons (Fsp3) is 0.562. The Balaban J connectivity index is 2.25. The van der Waals surface area contributed by atoms with Crippen LogP contribution in [-0.4, -0.2) is 5.84 Å². The zero-order valence-corrected chi connectivity index (χ0v) is 11.6. The second-order valence-corrected chi connectivity index (χ2v) is 5.31. The lowest BCUT2D eigenvalue weighted by Crippen LogP contribution is -2.25. The van der Waals surface area contributed by atoms with Crippen LogP contribution in [0.3, 0.4) is 0 Å². The number of aryl methyl sites for hydroxylation is 2. The number of nitrogens with zero attached hydrogens (tertiary/aromatic N) is 1. The van der Waals surface area contributed by atoms with Gasteiger partial charge in [-0.25, -0.2) is 4.99 Å². The van der Waals surface area contributed by atoms with Gasteiger partial charge in [0.25, 0.3) is 0 Å². The summed E-state index contributed by atoms with van der Waals surface area (Å²) in [6.07, 6.45) is 7.39. The summed E-state index contributed by atoms with van der Waals surface area (Å²) >= 11 is 0. The van der Waals surface area contributed by atoms with E-state index in [-0.39, 0.29) is 0 Å². The number of hydrogen-bond acceptors (Lipinski definition) is 1. The second kappa shape index (κ2) is 6.03. The highest BCUT2D eigenvalue weighted by molar-refractivity contribution is 5.86. The van der Waals surface area contributed by atoms with Crippen molar-refractivity contribution in [2.24, 2.45) is 16.6 Å². The SMILES string of the molecule is CCc1cccc(C)c1N=C(N)C1CCCCC1. The molecule has 2 heteroatoms. The summed E-state index contributed by atoms with van der Waals surface area (Å²) in [5.41, 5.74) is 9.85. The van der Waals surface area contributed by atoms with Crippen molar-refractivity contribution in [1.82, 2.24) is 0 Å². The molecule has 1 aliphatic carbocycles. The van der Waals surface area contributed by atoms with Crippen LogP contribution in [0.4, 0.5) is 5.69 Å². The molecule has 2 rings (SSSR count). The molecule has 1 aliphatic rings. The third kappa shape index (κ3) is 2.92. The Labute approximate surface area is 110 Å². The first-order chi connectivity index (χ1) is 8.72. The molecule has 1 saturated carbocycles. The summed E-state index contributed by atoms with van der Waals surface area (Å²) in [6.45, 7) is 4.29. The Morgan fingerprint density at radius 2 is 2.00 bits per heavy atom. The van der Waals surface area contributed by atoms with Crippen LogP contribution in [0.15, 0.2) is 23.2 Å². The Kier molecular flexibility index (Phi) is 4.40. The van der Waals surface area contributed by atoms with Crippen molar-refractivity contribution < 1.29 is 0 Å². The summed E-state index contributed by atoms with van der Waals surface area (Å²) in [5.74, 6) is 1.35. The third-order valence-electron chi connectivity index (χ3n) is 3.97. The van der Waals surface area contributed by atoms with E-state index in [1.54, 1.807) is 0 Å². The van der Waals surface area contributed by atoms with E-state index in [2.05, 4.69) is 32.0 Å². The topological polar surface area (TPSA) is 38.4 Å². The molecule has 2 nitrogen and oxygen atoms in total. The summed E-state index contributed by atoms with van der Waals surface area (Å²) < 4.78 is 0. The average Bonchev–Trinajstić information content (AvgIpc) is 2.42. The summed E-state index contributed by atoms with van der Waals surface area (Å²) in [7, 11) is 0. The van der Waals surface area contributed by atoms with Crippen LogP contribution >= 0.6 is 0 Å². The normalized spacial score (nSPS) is 18.0. The minimum atomic E-state index is 0.503. The van der Waals surface area contributed by atoms with E-state index < -0.39 is 0 Å². The molecule has 1 fully saturated rings. The number of rotatable bonds is 3. The van der Waals surface area contributed by atoms with Gasteiger partial charge in [0.2, 0.25) is 0 Å². The van der Waals surface area contributed by atoms with Gasteiger partial charge in [-0.05, 0) is 37.3 Å². The predicted molar refractivity (Wildman–Crippen MR) is 78.4 cm³/mol. The lowest BCUT2D eigenvalue weighted by molar-refractivity contribution is 0.437. The van der Waals surface area contributed by atoms with Crippen LogP contribution in [0.1, 0.15) is 50.2 Å². The fourth-order valence-electron chi connectivity index (χ4n) is 2.78. The van der Waals surface area contributed by atoms with Crippen LogP contribution < -0.4 is 5.73 Å². The Morgan fingerprint density at radius 3 is 2.67 bits per heavy atom. The van der Waals surface area contributed by atoms with E-state index in [1.165, 1.54) is 43.2 Å². The van der Waals surface area contributed by atoms with Crippen molar-refractivity contribution >= 4 is 11.5 Å². The molecule has 0 radical (unpaired) electrons. The van der Waals surface area contributed by atoms with E-state index in [0.29, 0.717) is 5.92 Å². The van der Waals surface area contributed by atoms with Crippen LogP contribution in [0.2, 0.25) is 0 Å². The number of hydrogen-bond donors (Lipinski definition) is 1. The molecule has 1 aromatic rings. The third-order valence-corrected chi connectivity index (χ3v) is 3.97. The van der Waals surface area contributed by atoms with E-state index in [1.807, 2.05) is 0 Å². The highest BCUT2D eigenvalue weighted by Crippen LogP contribution is 2.28. The van der Waals surface area contributed by atoms with Gasteiger partial charge in [0.15, 0.2) is 0 Å². The lowest BCUT2D eigenvalue weighted by Gasteiger charge is -2.21. The van der Waals surface area contributed by atoms with Crippen molar-refractivity contribution in [3.05, 3.63) is 29.3 Å². The van der Waals surface area contributed by atoms with E-state index in [4.69, 9.17) is 10.7 Å². The minimum absolute atomic E-state index is 0.503. The van der Waals surface area contributed by atoms with Gasteiger partial charge in [-0.1, -0.05) is 44.4 Å². The molecule has 0 heterocycles. The maximum atomic E-state index is 6.22. The number of amidine groups is 1. The standard InChI is InChI=1S/C16H24N2/c1-3-13-11-7-8-12(2)15(13)18-16(17)14-9-5-4-6-10-14/h7-8,11,14H,3-6,9-10H2,1-2H3,(H2,17,18). The Hall–Kier alpha value is -1.31. The van der Waals surface area contributed by atoms with Crippen LogP contribution in [0.5, 0.6) is 0 Å². The molecule has 1 aromatic carbocycles. The zero-order chi connectivity index (χ0) is 13.0. The van der Waals surface area contributed by atoms with Gasteiger partial charge >= 0.3 is 0 Å². The Morgan fingerprint density at radius 1 is 1.28 bits per heavy atom. The second-order valence-electron chi connectivity index (χ2n) is 5.31. The molecular formula is C16H24N2. The largest absolute Gasteiger partial charge is 0.387 e. The van der Waals surface area contributed by atoms with E-state index in [9.17, 15) is 0 Å². The predicted octanol–water partition coefficient (Wildman–Crippen LogP) is 4.13. The monoisotopic (exact) mass is 244 g/mol. The molecule has 18 heavy (non-hydrogen) atoms. The van der Waals surface area contributed by atoms with Crippen LogP contribution in [0.25, 0.3) is 0 Å². The molecule has 0 saturated heterocycles. The first-order valence-electron chi connectivity index (χ1n) is 7.15. The van der Waals surface area contributed by atoms with Gasteiger partial charge in [-0.3, -0.25) is 0 Å². The summed E-state index contributed by atoms with van der Waals surface area (Å²) in [5, 5.41) is 0. The molecule has 0 atom stereocenters. The minimum Gasteiger partial charge on any atom is -0.387 e. The maximum absolute atomic E-state index is 6.22. The number of para-hydroxylation sites is 1. The summed E-state index contributed by atoms with van der Waals surface area (Å²) in [6, 6.07) is 6.37. The molecule has 0 aliphatic heterocycles. The van der Waals surface area contributed by atoms with Crippen molar-refractivity contribution in [3.8, 4) is 0 Å². The summed E-state index contributed by atoms with van der Waals surface area (Å²) in [4.78, 5) is 4.75. The number of nitrogens with two attached hydrogens (primary N) is 1. The van der Waals surface area contributed by atoms with Gasteiger partial charge in [-0.15, -0.1) is 0 Å². The van der Waals surface area contributed by atoms with E-state index in [0.717, 1.165) is 17.9 Å². The van der Waals surface area contributed by atoms with Gasteiger partial charge in [0.1, 0.15) is 5.84 Å². The number of benzene rings is 1. The molecule has 0 unspecified atom stereocenters. The number of aliphatic imine (C=N–C) groups is 1. The smallest absolute Gasteiger partial charge is 0.103 e. The molecule has 98 valence electrons. The fourth-order valence-corrected chi connectivity index (χ4v) is 2.78. The van der Waals surface area contributed by atoms with Gasteiger partial charge in [0, 0.05) is 5.92 Å². The van der Waals surface area contributed by atoms with Gasteiger partial charge < -0.3 is 5.73 Å². The van der Waals surface area contributed by atoms with Crippen LogP contribution in [0, 0.1) is 12.8 Å². The molecule has 2 N–H and O–H groups in total.